The highest BCUT2D eigenvalue weighted by Gasteiger charge is 2.35. The van der Waals surface area contributed by atoms with Gasteiger partial charge < -0.3 is 9.64 Å². The monoisotopic (exact) mass is 376 g/mol. The molecule has 0 unspecified atom stereocenters. The molecule has 6 heteroatoms. The van der Waals surface area contributed by atoms with Crippen LogP contribution < -0.4 is 0 Å². The molecule has 0 aromatic heterocycles. The molecule has 2 atom stereocenters. The van der Waals surface area contributed by atoms with Gasteiger partial charge in [0.15, 0.2) is 0 Å². The van der Waals surface area contributed by atoms with Crippen molar-refractivity contribution in [1.29, 1.82) is 0 Å². The van der Waals surface area contributed by atoms with Crippen LogP contribution in [-0.2, 0) is 20.7 Å². The minimum Gasteiger partial charge on any atom is -0.464 e. The van der Waals surface area contributed by atoms with Gasteiger partial charge in [0.25, 0.3) is 0 Å². The Kier molecular flexibility index (Phi) is 6.83. The average Bonchev–Trinajstić information content (AvgIpc) is 3.10. The van der Waals surface area contributed by atoms with Crippen LogP contribution in [0.4, 0.5) is 4.39 Å². The summed E-state index contributed by atoms with van der Waals surface area (Å²) in [6.07, 6.45) is 5.47. The predicted molar refractivity (Wildman–Crippen MR) is 101 cm³/mol. The minimum atomic E-state index is -0.440. The summed E-state index contributed by atoms with van der Waals surface area (Å²) in [5.74, 6) is -0.499. The van der Waals surface area contributed by atoms with Gasteiger partial charge in [0.2, 0.25) is 5.91 Å². The first-order valence-electron chi connectivity index (χ1n) is 10.0. The maximum Gasteiger partial charge on any atom is 0.328 e. The van der Waals surface area contributed by atoms with Crippen molar-refractivity contribution < 1.29 is 18.7 Å². The second-order valence-electron chi connectivity index (χ2n) is 7.45. The quantitative estimate of drug-likeness (QED) is 0.717. The molecule has 0 bridgehead atoms. The third-order valence-corrected chi connectivity index (χ3v) is 5.60. The number of piperidine rings is 1. The second kappa shape index (κ2) is 9.31. The van der Waals surface area contributed by atoms with Crippen LogP contribution in [0.25, 0.3) is 0 Å². The second-order valence-corrected chi connectivity index (χ2v) is 7.45. The molecule has 2 aliphatic rings. The van der Waals surface area contributed by atoms with Gasteiger partial charge >= 0.3 is 5.97 Å². The maximum absolute atomic E-state index is 13.1. The summed E-state index contributed by atoms with van der Waals surface area (Å²) >= 11 is 0. The zero-order valence-electron chi connectivity index (χ0n) is 16.0. The van der Waals surface area contributed by atoms with Gasteiger partial charge in [-0.25, -0.2) is 9.18 Å². The smallest absolute Gasteiger partial charge is 0.328 e. The number of halogens is 1. The molecule has 2 aliphatic heterocycles. The molecular weight excluding hydrogens is 347 g/mol. The van der Waals surface area contributed by atoms with E-state index in [1.165, 1.54) is 12.1 Å². The van der Waals surface area contributed by atoms with Crippen molar-refractivity contribution in [2.45, 2.75) is 57.5 Å². The van der Waals surface area contributed by atoms with Gasteiger partial charge in [0.05, 0.1) is 13.2 Å². The molecule has 5 nitrogen and oxygen atoms in total. The fraction of sp³-hybridized carbons (Fsp3) is 0.619. The Morgan fingerprint density at radius 3 is 2.63 bits per heavy atom. The van der Waals surface area contributed by atoms with E-state index in [0.29, 0.717) is 26.1 Å². The number of hydrogen-bond acceptors (Lipinski definition) is 4. The zero-order valence-corrected chi connectivity index (χ0v) is 16.0. The molecule has 0 aliphatic carbocycles. The Morgan fingerprint density at radius 2 is 1.89 bits per heavy atom. The lowest BCUT2D eigenvalue weighted by Gasteiger charge is -2.36. The molecule has 148 valence electrons. The van der Waals surface area contributed by atoms with Crippen LogP contribution >= 0.6 is 0 Å². The Bertz CT molecular complexity index is 649. The van der Waals surface area contributed by atoms with Crippen LogP contribution in [0.5, 0.6) is 0 Å². The standard InChI is InChI=1S/C21H29FN2O3/c1-2-27-21(26)19-7-3-4-13-24(19)20(25)15-23-12-5-6-18(23)14-16-8-10-17(22)11-9-16/h8-11,18-19H,2-7,12-15H2,1H3/t18-,19-/m1/s1. The number of esters is 1. The van der Waals surface area contributed by atoms with Crippen LogP contribution in [0.1, 0.15) is 44.6 Å². The highest BCUT2D eigenvalue weighted by Crippen LogP contribution is 2.23. The minimum absolute atomic E-state index is 0.0127. The summed E-state index contributed by atoms with van der Waals surface area (Å²) < 4.78 is 18.3. The van der Waals surface area contributed by atoms with E-state index < -0.39 is 6.04 Å². The van der Waals surface area contributed by atoms with Crippen LogP contribution in [0.3, 0.4) is 0 Å². The third kappa shape index (κ3) is 5.06. The largest absolute Gasteiger partial charge is 0.464 e. The molecule has 2 fully saturated rings. The van der Waals surface area contributed by atoms with Crippen molar-refractivity contribution in [2.75, 3.05) is 26.2 Å². The Hall–Kier alpha value is -1.95. The number of rotatable bonds is 6. The van der Waals surface area contributed by atoms with E-state index in [1.54, 1.807) is 11.8 Å². The number of benzene rings is 1. The van der Waals surface area contributed by atoms with Crippen molar-refractivity contribution in [3.63, 3.8) is 0 Å². The van der Waals surface area contributed by atoms with Crippen molar-refractivity contribution in [2.24, 2.45) is 0 Å². The fourth-order valence-corrected chi connectivity index (χ4v) is 4.21. The van der Waals surface area contributed by atoms with Gasteiger partial charge in [-0.05, 0) is 69.7 Å². The van der Waals surface area contributed by atoms with Crippen molar-refractivity contribution >= 4 is 11.9 Å². The van der Waals surface area contributed by atoms with Gasteiger partial charge in [-0.15, -0.1) is 0 Å². The Labute approximate surface area is 160 Å². The van der Waals surface area contributed by atoms with Crippen molar-refractivity contribution in [3.8, 4) is 0 Å². The summed E-state index contributed by atoms with van der Waals surface area (Å²) in [4.78, 5) is 29.1. The van der Waals surface area contributed by atoms with Crippen molar-refractivity contribution in [1.82, 2.24) is 9.80 Å². The Morgan fingerprint density at radius 1 is 1.11 bits per heavy atom. The van der Waals surface area contributed by atoms with E-state index in [1.807, 2.05) is 12.1 Å². The normalized spacial score (nSPS) is 23.4. The molecule has 0 spiro atoms. The van der Waals surface area contributed by atoms with E-state index >= 15 is 0 Å². The third-order valence-electron chi connectivity index (χ3n) is 5.60. The van der Waals surface area contributed by atoms with Crippen LogP contribution in [-0.4, -0.2) is 60.0 Å². The molecule has 0 saturated carbocycles. The molecule has 0 radical (unpaired) electrons. The van der Waals surface area contributed by atoms with Gasteiger partial charge in [0, 0.05) is 12.6 Å². The van der Waals surface area contributed by atoms with E-state index in [0.717, 1.165) is 44.2 Å². The van der Waals surface area contributed by atoms with Gasteiger partial charge in [-0.2, -0.15) is 0 Å². The molecule has 2 heterocycles. The van der Waals surface area contributed by atoms with Gasteiger partial charge in [-0.1, -0.05) is 12.1 Å². The lowest BCUT2D eigenvalue weighted by atomic mass is 10.0. The summed E-state index contributed by atoms with van der Waals surface area (Å²) in [7, 11) is 0. The van der Waals surface area contributed by atoms with Gasteiger partial charge in [0.1, 0.15) is 11.9 Å². The first-order chi connectivity index (χ1) is 13.1. The molecule has 1 aromatic rings. The summed E-state index contributed by atoms with van der Waals surface area (Å²) in [5, 5.41) is 0. The molecule has 2 saturated heterocycles. The molecule has 27 heavy (non-hydrogen) atoms. The highest BCUT2D eigenvalue weighted by molar-refractivity contribution is 5.85. The lowest BCUT2D eigenvalue weighted by molar-refractivity contribution is -0.157. The number of likely N-dealkylation sites (tertiary alicyclic amines) is 2. The number of nitrogens with zero attached hydrogens (tertiary/aromatic N) is 2. The topological polar surface area (TPSA) is 49.9 Å². The first-order valence-corrected chi connectivity index (χ1v) is 10.0. The first kappa shape index (κ1) is 19.8. The van der Waals surface area contributed by atoms with Crippen LogP contribution in [0.2, 0.25) is 0 Å². The molecule has 1 aromatic carbocycles. The van der Waals surface area contributed by atoms with Crippen LogP contribution in [0, 0.1) is 5.82 Å². The van der Waals surface area contributed by atoms with E-state index in [-0.39, 0.29) is 23.7 Å². The van der Waals surface area contributed by atoms with E-state index in [4.69, 9.17) is 4.74 Å². The molecule has 3 rings (SSSR count). The number of ether oxygens (including phenoxy) is 1. The van der Waals surface area contributed by atoms with E-state index in [9.17, 15) is 14.0 Å². The number of hydrogen-bond donors (Lipinski definition) is 0. The van der Waals surface area contributed by atoms with Gasteiger partial charge in [-0.3, -0.25) is 9.69 Å². The summed E-state index contributed by atoms with van der Waals surface area (Å²) in [6.45, 7) is 3.97. The van der Waals surface area contributed by atoms with Crippen LogP contribution in [0.15, 0.2) is 24.3 Å². The highest BCUT2D eigenvalue weighted by atomic mass is 19.1. The lowest BCUT2D eigenvalue weighted by Crippen LogP contribution is -2.52. The summed E-state index contributed by atoms with van der Waals surface area (Å²) in [5.41, 5.74) is 1.09. The molecule has 0 N–H and O–H groups in total. The average molecular weight is 376 g/mol. The number of carbonyl (C=O) groups is 2. The van der Waals surface area contributed by atoms with E-state index in [2.05, 4.69) is 4.90 Å². The van der Waals surface area contributed by atoms with Crippen molar-refractivity contribution in [3.05, 3.63) is 35.6 Å². The molecular formula is C21H29FN2O3. The Balaban J connectivity index is 1.61. The SMILES string of the molecule is CCOC(=O)[C@H]1CCCCN1C(=O)CN1CCC[C@@H]1Cc1ccc(F)cc1. The predicted octanol–water partition coefficient (Wildman–Crippen LogP) is 2.78. The number of amides is 1. The maximum atomic E-state index is 13.1. The molecule has 1 amide bonds. The number of carbonyl (C=O) groups excluding carboxylic acids is 2. The fourth-order valence-electron chi connectivity index (χ4n) is 4.21. The zero-order chi connectivity index (χ0) is 19.2. The summed E-state index contributed by atoms with van der Waals surface area (Å²) in [6, 6.07) is 6.44.